The van der Waals surface area contributed by atoms with Gasteiger partial charge in [-0.25, -0.2) is 0 Å². The molecule has 81 valence electrons. The zero-order valence-corrected chi connectivity index (χ0v) is 7.16. The first-order chi connectivity index (χ1) is 5.20. The van der Waals surface area contributed by atoms with Crippen LogP contribution >= 0.6 is 0 Å². The van der Waals surface area contributed by atoms with E-state index in [9.17, 15) is 0 Å². The minimum Gasteiger partial charge on any atom is -0.356 e. The smallest absolute Gasteiger partial charge is 0.356 e. The van der Waals surface area contributed by atoms with E-state index in [4.69, 9.17) is 46.0 Å². The molecule has 0 fully saturated rings. The van der Waals surface area contributed by atoms with Crippen molar-refractivity contribution in [3.8, 4) is 0 Å². The number of hydrogen-bond donors (Lipinski definition) is 0. The quantitative estimate of drug-likeness (QED) is 0.398. The molecule has 0 aliphatic rings. The van der Waals surface area contributed by atoms with Crippen LogP contribution in [0.4, 0.5) is 0 Å². The van der Waals surface area contributed by atoms with Crippen LogP contribution in [0.5, 0.6) is 0 Å². The van der Waals surface area contributed by atoms with Crippen LogP contribution < -0.4 is 0 Å². The normalized spacial score (nSPS) is 5.54. The summed E-state index contributed by atoms with van der Waals surface area (Å²) in [5.74, 6) is 0. The van der Waals surface area contributed by atoms with E-state index < -0.39 is 15.3 Å². The molecule has 0 saturated heterocycles. The van der Waals surface area contributed by atoms with E-state index in [-0.39, 0.29) is 37.3 Å². The van der Waals surface area contributed by atoms with Crippen LogP contribution in [0.3, 0.4) is 0 Å². The van der Waals surface area contributed by atoms with Gasteiger partial charge in [0.15, 0.2) is 0 Å². The SMILES string of the molecule is O=[N+]([O-])[O-].O=[N+]([O-])[O-].O=[N+]([O-])[O-].[Er+3]. The van der Waals surface area contributed by atoms with E-state index in [2.05, 4.69) is 0 Å². The second kappa shape index (κ2) is 17.1. The van der Waals surface area contributed by atoms with Gasteiger partial charge in [-0.05, 0) is 0 Å². The van der Waals surface area contributed by atoms with E-state index in [1.807, 2.05) is 0 Å². The van der Waals surface area contributed by atoms with E-state index in [0.29, 0.717) is 0 Å². The Labute approximate surface area is 98.3 Å². The van der Waals surface area contributed by atoms with Crippen molar-refractivity contribution >= 4 is 0 Å². The molecule has 0 rings (SSSR count). The zero-order valence-electron chi connectivity index (χ0n) is 5.30. The fourth-order valence-electron chi connectivity index (χ4n) is 0. The van der Waals surface area contributed by atoms with Crippen LogP contribution in [0.15, 0.2) is 0 Å². The maximum absolute atomic E-state index is 8.25. The standard InChI is InChI=1S/Er.3NO3/c;3*2-1(3)4/q+3;3*-1. The summed E-state index contributed by atoms with van der Waals surface area (Å²) in [6.45, 7) is 0. The Morgan fingerprint density at radius 1 is 0.538 bits per heavy atom. The monoisotopic (exact) mass is 352 g/mol. The average Bonchev–Trinajstić information content (AvgIpc) is 1.54. The molecular formula is ErN3O9. The molecule has 0 atom stereocenters. The third-order valence-corrected chi connectivity index (χ3v) is 0. The molecule has 0 saturated carbocycles. The van der Waals surface area contributed by atoms with Crippen LogP contribution in [0, 0.1) is 83.3 Å². The summed E-state index contributed by atoms with van der Waals surface area (Å²) in [6, 6.07) is 0. The summed E-state index contributed by atoms with van der Waals surface area (Å²) in [5, 5.41) is 44.2. The summed E-state index contributed by atoms with van der Waals surface area (Å²) < 4.78 is 0. The largest absolute Gasteiger partial charge is 3.00 e. The van der Waals surface area contributed by atoms with Gasteiger partial charge in [-0.1, -0.05) is 0 Å². The summed E-state index contributed by atoms with van der Waals surface area (Å²) in [6.07, 6.45) is 0. The predicted molar refractivity (Wildman–Crippen MR) is 31.1 cm³/mol. The van der Waals surface area contributed by atoms with Gasteiger partial charge >= 0.3 is 37.3 Å². The third-order valence-electron chi connectivity index (χ3n) is 0. The molecule has 12 nitrogen and oxygen atoms in total. The molecule has 1 radical (unpaired) electrons. The van der Waals surface area contributed by atoms with Gasteiger partial charge < -0.3 is 46.0 Å². The Balaban J connectivity index is -0.0000000450. The van der Waals surface area contributed by atoms with Crippen molar-refractivity contribution in [3.63, 3.8) is 0 Å². The van der Waals surface area contributed by atoms with Crippen LogP contribution in [0.25, 0.3) is 0 Å². The molecule has 0 unspecified atom stereocenters. The van der Waals surface area contributed by atoms with Crippen molar-refractivity contribution < 1.29 is 52.6 Å². The molecule has 13 heteroatoms. The van der Waals surface area contributed by atoms with E-state index in [0.717, 1.165) is 0 Å². The topological polar surface area (TPSA) is 199 Å². The van der Waals surface area contributed by atoms with Crippen molar-refractivity contribution in [1.82, 2.24) is 0 Å². The number of nitrogens with zero attached hydrogens (tertiary/aromatic N) is 3. The Morgan fingerprint density at radius 3 is 0.538 bits per heavy atom. The first-order valence-corrected chi connectivity index (χ1v) is 1.64. The summed E-state index contributed by atoms with van der Waals surface area (Å²) in [7, 11) is 0. The van der Waals surface area contributed by atoms with E-state index in [1.54, 1.807) is 0 Å². The second-order valence-electron chi connectivity index (χ2n) is 0.671. The molecule has 0 bridgehead atoms. The number of rotatable bonds is 0. The Bertz CT molecular complexity index is 112. The van der Waals surface area contributed by atoms with Crippen molar-refractivity contribution in [2.75, 3.05) is 0 Å². The van der Waals surface area contributed by atoms with Crippen molar-refractivity contribution in [2.45, 2.75) is 0 Å². The Kier molecular flexibility index (Phi) is 29.7. The van der Waals surface area contributed by atoms with Crippen LogP contribution in [0.2, 0.25) is 0 Å². The molecule has 0 aromatic heterocycles. The average molecular weight is 353 g/mol. The van der Waals surface area contributed by atoms with E-state index in [1.165, 1.54) is 0 Å². The van der Waals surface area contributed by atoms with Crippen molar-refractivity contribution in [2.24, 2.45) is 0 Å². The first kappa shape index (κ1) is 22.6. The molecule has 0 spiro atoms. The molecule has 13 heavy (non-hydrogen) atoms. The minimum atomic E-state index is -1.75. The fourth-order valence-corrected chi connectivity index (χ4v) is 0. The molecule has 0 aliphatic carbocycles. The fraction of sp³-hybridized carbons (Fsp3) is 0. The van der Waals surface area contributed by atoms with Crippen LogP contribution in [0.1, 0.15) is 0 Å². The van der Waals surface area contributed by atoms with Crippen molar-refractivity contribution in [3.05, 3.63) is 46.0 Å². The first-order valence-electron chi connectivity index (χ1n) is 1.64. The Morgan fingerprint density at radius 2 is 0.538 bits per heavy atom. The second-order valence-corrected chi connectivity index (χ2v) is 0.671. The molecule has 0 N–H and O–H groups in total. The van der Waals surface area contributed by atoms with Crippen molar-refractivity contribution in [1.29, 1.82) is 0 Å². The predicted octanol–water partition coefficient (Wildman–Crippen LogP) is -0.717. The van der Waals surface area contributed by atoms with Gasteiger partial charge in [0, 0.05) is 0 Å². The van der Waals surface area contributed by atoms with Crippen LogP contribution in [-0.2, 0) is 0 Å². The van der Waals surface area contributed by atoms with Gasteiger partial charge in [0.25, 0.3) is 0 Å². The third kappa shape index (κ3) is 638. The van der Waals surface area contributed by atoms with Crippen LogP contribution in [-0.4, -0.2) is 15.3 Å². The maximum Gasteiger partial charge on any atom is 3.00 e. The molecule has 0 aliphatic heterocycles. The summed E-state index contributed by atoms with van der Waals surface area (Å²) in [4.78, 5) is 24.8. The molecule has 0 aromatic carbocycles. The zero-order chi connectivity index (χ0) is 10.7. The molecular weight excluding hydrogens is 353 g/mol. The molecule has 0 amide bonds. The maximum atomic E-state index is 8.25. The number of hydrogen-bond acceptors (Lipinski definition) is 9. The minimum absolute atomic E-state index is 0. The van der Waals surface area contributed by atoms with E-state index >= 15 is 0 Å². The summed E-state index contributed by atoms with van der Waals surface area (Å²) >= 11 is 0. The summed E-state index contributed by atoms with van der Waals surface area (Å²) in [5.41, 5.74) is 0. The van der Waals surface area contributed by atoms with Gasteiger partial charge in [0.1, 0.15) is 0 Å². The Hall–Kier alpha value is -1.15. The van der Waals surface area contributed by atoms with Gasteiger partial charge in [-0.15, -0.1) is 0 Å². The van der Waals surface area contributed by atoms with Gasteiger partial charge in [-0.3, -0.25) is 0 Å². The van der Waals surface area contributed by atoms with Gasteiger partial charge in [-0.2, -0.15) is 0 Å². The molecule has 0 aromatic rings. The van der Waals surface area contributed by atoms with Gasteiger partial charge in [0.05, 0.1) is 15.3 Å². The van der Waals surface area contributed by atoms with Gasteiger partial charge in [0.2, 0.25) is 0 Å². The molecule has 0 heterocycles.